The van der Waals surface area contributed by atoms with E-state index in [1.807, 2.05) is 58.0 Å². The number of halogens is 1. The molecule has 3 aliphatic rings. The van der Waals surface area contributed by atoms with Gasteiger partial charge in [0.2, 0.25) is 17.7 Å². The maximum Gasteiger partial charge on any atom is 0.237 e. The van der Waals surface area contributed by atoms with Gasteiger partial charge < -0.3 is 19.6 Å². The van der Waals surface area contributed by atoms with Crippen LogP contribution in [0, 0.1) is 11.2 Å². The summed E-state index contributed by atoms with van der Waals surface area (Å²) in [5, 5.41) is -0.907. The second-order valence-corrected chi connectivity index (χ2v) is 17.2. The van der Waals surface area contributed by atoms with Crippen LogP contribution < -0.4 is 9.80 Å². The Kier molecular flexibility index (Phi) is 11.7. The highest BCUT2D eigenvalue weighted by Gasteiger charge is 2.44. The van der Waals surface area contributed by atoms with Crippen LogP contribution in [0.5, 0.6) is 0 Å². The third-order valence-corrected chi connectivity index (χ3v) is 11.7. The lowest BCUT2D eigenvalue weighted by molar-refractivity contribution is -0.136. The number of hydrogen-bond acceptors (Lipinski definition) is 6. The fraction of sp³-hybridized carbons (Fsp3) is 0.615. The first kappa shape index (κ1) is 37.2. The summed E-state index contributed by atoms with van der Waals surface area (Å²) < 4.78 is 15.8. The normalized spacial score (nSPS) is 21.4. The fourth-order valence-corrected chi connectivity index (χ4v) is 8.79. The molecular formula is C39H56FN5O3S. The summed E-state index contributed by atoms with van der Waals surface area (Å²) in [6.07, 6.45) is 2.71. The highest BCUT2D eigenvalue weighted by Crippen LogP contribution is 2.48. The van der Waals surface area contributed by atoms with Gasteiger partial charge in [0.1, 0.15) is 11.2 Å². The van der Waals surface area contributed by atoms with Crippen LogP contribution >= 0.6 is 11.8 Å². The Bertz CT molecular complexity index is 1460. The summed E-state index contributed by atoms with van der Waals surface area (Å²) in [4.78, 5) is 51.1. The molecule has 3 aliphatic heterocycles. The monoisotopic (exact) mass is 693 g/mol. The Balaban J connectivity index is 1.31. The average molecular weight is 694 g/mol. The molecule has 2 atom stereocenters. The third kappa shape index (κ3) is 8.80. The van der Waals surface area contributed by atoms with Crippen LogP contribution in [0.4, 0.5) is 15.8 Å². The van der Waals surface area contributed by atoms with Crippen LogP contribution in [0.1, 0.15) is 91.5 Å². The maximum atomic E-state index is 15.8. The number of para-hydroxylation sites is 2. The molecule has 8 nitrogen and oxygen atoms in total. The number of benzene rings is 2. The molecule has 3 fully saturated rings. The van der Waals surface area contributed by atoms with Gasteiger partial charge in [-0.1, -0.05) is 58.0 Å². The van der Waals surface area contributed by atoms with E-state index in [-0.39, 0.29) is 52.3 Å². The summed E-state index contributed by atoms with van der Waals surface area (Å²) in [5.41, 5.74) is 2.34. The smallest absolute Gasteiger partial charge is 0.237 e. The van der Waals surface area contributed by atoms with Crippen molar-refractivity contribution in [3.8, 4) is 0 Å². The molecule has 1 unspecified atom stereocenters. The molecule has 0 N–H and O–H groups in total. The minimum Gasteiger partial charge on any atom is -0.366 e. The average Bonchev–Trinajstić information content (AvgIpc) is 3.37. The van der Waals surface area contributed by atoms with Crippen molar-refractivity contribution in [1.29, 1.82) is 0 Å². The van der Waals surface area contributed by atoms with Crippen molar-refractivity contribution in [1.82, 2.24) is 14.7 Å². The molecule has 3 saturated heterocycles. The van der Waals surface area contributed by atoms with E-state index in [1.165, 1.54) is 17.8 Å². The van der Waals surface area contributed by atoms with Crippen LogP contribution in [0.25, 0.3) is 0 Å². The number of rotatable bonds is 9. The first-order valence-electron chi connectivity index (χ1n) is 18.1. The van der Waals surface area contributed by atoms with Crippen molar-refractivity contribution in [3.63, 3.8) is 0 Å². The van der Waals surface area contributed by atoms with Crippen molar-refractivity contribution >= 4 is 40.9 Å². The standard InChI is InChI=1S/C39H56FN5O3S/c1-8-33(46)45(28-13-10-9-11-14-28)29-17-20-41(21-18-29)34(47)27-32-36(48)44(22-19-38(2,3)4)37(49-32)30-15-12-16-31(40)35(30)42-23-25-43(26-24-42)39(5,6)7/h9-16,29,32,37H,8,17-27H2,1-7H3/t32-,37?/m0/s1. The zero-order valence-electron chi connectivity index (χ0n) is 30.6. The van der Waals surface area contributed by atoms with Gasteiger partial charge in [0.05, 0.1) is 10.9 Å². The number of hydrogen-bond donors (Lipinski definition) is 0. The lowest BCUT2D eigenvalue weighted by Gasteiger charge is -2.43. The highest BCUT2D eigenvalue weighted by atomic mass is 32.2. The number of amides is 3. The Hall–Kier alpha value is -3.11. The van der Waals surface area contributed by atoms with Gasteiger partial charge in [0.15, 0.2) is 0 Å². The Morgan fingerprint density at radius 1 is 0.898 bits per heavy atom. The van der Waals surface area contributed by atoms with E-state index in [0.717, 1.165) is 30.8 Å². The van der Waals surface area contributed by atoms with E-state index in [1.54, 1.807) is 6.07 Å². The molecule has 0 aromatic heterocycles. The van der Waals surface area contributed by atoms with Gasteiger partial charge in [-0.2, -0.15) is 0 Å². The number of piperidine rings is 1. The minimum absolute atomic E-state index is 0.00852. The molecule has 0 bridgehead atoms. The Morgan fingerprint density at radius 3 is 2.14 bits per heavy atom. The molecule has 0 radical (unpaired) electrons. The third-order valence-electron chi connectivity index (χ3n) is 10.2. The SMILES string of the molecule is CCC(=O)N(c1ccccc1)C1CCN(C(=O)C[C@@H]2SC(c3cccc(F)c3N3CCN(C(C)(C)C)CC3)N(CCC(C)(C)C)C2=O)CC1. The van der Waals surface area contributed by atoms with Crippen molar-refractivity contribution < 1.29 is 18.8 Å². The van der Waals surface area contributed by atoms with Gasteiger partial charge in [-0.05, 0) is 63.6 Å². The van der Waals surface area contributed by atoms with Crippen LogP contribution in [0.3, 0.4) is 0 Å². The largest absolute Gasteiger partial charge is 0.366 e. The summed E-state index contributed by atoms with van der Waals surface area (Å²) in [6, 6.07) is 15.0. The van der Waals surface area contributed by atoms with Gasteiger partial charge in [-0.15, -0.1) is 11.8 Å². The summed E-state index contributed by atoms with van der Waals surface area (Å²) in [6.45, 7) is 19.7. The van der Waals surface area contributed by atoms with E-state index >= 15 is 4.39 Å². The molecule has 0 spiro atoms. The van der Waals surface area contributed by atoms with E-state index in [0.29, 0.717) is 57.7 Å². The molecule has 2 aromatic rings. The molecule has 5 rings (SSSR count). The molecule has 0 saturated carbocycles. The molecule has 2 aromatic carbocycles. The van der Waals surface area contributed by atoms with Crippen LogP contribution in [0.2, 0.25) is 0 Å². The van der Waals surface area contributed by atoms with Gasteiger partial charge in [-0.3, -0.25) is 19.3 Å². The highest BCUT2D eigenvalue weighted by molar-refractivity contribution is 8.01. The summed E-state index contributed by atoms with van der Waals surface area (Å²) >= 11 is 1.50. The number of carbonyl (C=O) groups is 3. The predicted molar refractivity (Wildman–Crippen MR) is 198 cm³/mol. The second-order valence-electron chi connectivity index (χ2n) is 15.9. The lowest BCUT2D eigenvalue weighted by Crippen LogP contribution is -2.53. The number of carbonyl (C=O) groups excluding carboxylic acids is 3. The molecule has 3 heterocycles. The minimum atomic E-state index is -0.536. The van der Waals surface area contributed by atoms with Crippen LogP contribution in [-0.4, -0.2) is 95.1 Å². The zero-order chi connectivity index (χ0) is 35.5. The first-order valence-corrected chi connectivity index (χ1v) is 19.0. The zero-order valence-corrected chi connectivity index (χ0v) is 31.4. The van der Waals surface area contributed by atoms with Gasteiger partial charge >= 0.3 is 0 Å². The Morgan fingerprint density at radius 2 is 1.55 bits per heavy atom. The second kappa shape index (κ2) is 15.4. The van der Waals surface area contributed by atoms with Crippen molar-refractivity contribution in [2.24, 2.45) is 5.41 Å². The maximum absolute atomic E-state index is 15.8. The molecule has 0 aliphatic carbocycles. The molecule has 49 heavy (non-hydrogen) atoms. The number of anilines is 2. The molecule has 3 amide bonds. The topological polar surface area (TPSA) is 67.4 Å². The number of piperazine rings is 1. The molecule has 10 heteroatoms. The first-order chi connectivity index (χ1) is 23.2. The quantitative estimate of drug-likeness (QED) is 0.283. The number of nitrogens with zero attached hydrogens (tertiary/aromatic N) is 5. The molecular weight excluding hydrogens is 638 g/mol. The predicted octanol–water partition coefficient (Wildman–Crippen LogP) is 6.95. The fourth-order valence-electron chi connectivity index (χ4n) is 7.29. The van der Waals surface area contributed by atoms with Crippen molar-refractivity contribution in [2.45, 2.75) is 103 Å². The lowest BCUT2D eigenvalue weighted by atomic mass is 9.92. The van der Waals surface area contributed by atoms with Gasteiger partial charge in [0.25, 0.3) is 0 Å². The van der Waals surface area contributed by atoms with Crippen LogP contribution in [0.15, 0.2) is 48.5 Å². The van der Waals surface area contributed by atoms with Crippen LogP contribution in [-0.2, 0) is 14.4 Å². The van der Waals surface area contributed by atoms with Gasteiger partial charge in [0, 0.05) is 81.5 Å². The van der Waals surface area contributed by atoms with Crippen molar-refractivity contribution in [3.05, 3.63) is 59.9 Å². The van der Waals surface area contributed by atoms with E-state index in [9.17, 15) is 14.4 Å². The van der Waals surface area contributed by atoms with E-state index in [4.69, 9.17) is 0 Å². The Labute approximate surface area is 297 Å². The van der Waals surface area contributed by atoms with E-state index in [2.05, 4.69) is 51.3 Å². The summed E-state index contributed by atoms with van der Waals surface area (Å²) in [5.74, 6) is -0.261. The van der Waals surface area contributed by atoms with Crippen molar-refractivity contribution in [2.75, 3.05) is 55.6 Å². The molecule has 268 valence electrons. The number of thioether (sulfide) groups is 1. The number of likely N-dealkylation sites (tertiary alicyclic amines) is 1. The van der Waals surface area contributed by atoms with E-state index < -0.39 is 5.25 Å². The van der Waals surface area contributed by atoms with Gasteiger partial charge in [-0.25, -0.2) is 4.39 Å². The summed E-state index contributed by atoms with van der Waals surface area (Å²) in [7, 11) is 0.